The number of rotatable bonds is 2. The van der Waals surface area contributed by atoms with Crippen LogP contribution in [-0.4, -0.2) is 5.75 Å². The second-order valence-electron chi connectivity index (χ2n) is 10.2. The van der Waals surface area contributed by atoms with Gasteiger partial charge in [-0.3, -0.25) is 0 Å². The van der Waals surface area contributed by atoms with Crippen molar-refractivity contribution in [3.63, 3.8) is 0 Å². The van der Waals surface area contributed by atoms with Crippen LogP contribution in [0.3, 0.4) is 0 Å². The molecule has 5 aliphatic carbocycles. The van der Waals surface area contributed by atoms with E-state index in [0.717, 1.165) is 52.8 Å². The van der Waals surface area contributed by atoms with E-state index in [1.807, 2.05) is 0 Å². The Bertz CT molecular complexity index is 449. The van der Waals surface area contributed by atoms with E-state index < -0.39 is 0 Å². The smallest absolute Gasteiger partial charge is 0.00611 e. The molecule has 0 radical (unpaired) electrons. The third-order valence-corrected chi connectivity index (χ3v) is 10.5. The molecular formula is C23H38S. The second-order valence-corrected chi connectivity index (χ2v) is 10.5. The molecule has 136 valence electrons. The molecule has 5 saturated carbocycles. The zero-order valence-electron chi connectivity index (χ0n) is 15.8. The van der Waals surface area contributed by atoms with Crippen LogP contribution in [0.5, 0.6) is 0 Å². The van der Waals surface area contributed by atoms with Gasteiger partial charge in [-0.1, -0.05) is 45.4 Å². The molecule has 0 nitrogen and oxygen atoms in total. The summed E-state index contributed by atoms with van der Waals surface area (Å²) in [5, 5.41) is 0. The Hall–Kier alpha value is 0.350. The molecule has 0 heterocycles. The zero-order chi connectivity index (χ0) is 16.3. The molecule has 1 spiro atoms. The lowest BCUT2D eigenvalue weighted by Crippen LogP contribution is -2.45. The van der Waals surface area contributed by atoms with Crippen LogP contribution < -0.4 is 0 Å². The average molecular weight is 347 g/mol. The molecule has 0 N–H and O–H groups in total. The van der Waals surface area contributed by atoms with Gasteiger partial charge in [0.1, 0.15) is 0 Å². The molecule has 0 aliphatic heterocycles. The van der Waals surface area contributed by atoms with E-state index in [0.29, 0.717) is 0 Å². The first-order chi connectivity index (χ1) is 11.8. The number of hydrogen-bond acceptors (Lipinski definition) is 1. The van der Waals surface area contributed by atoms with Gasteiger partial charge in [0.05, 0.1) is 0 Å². The Morgan fingerprint density at radius 2 is 1.21 bits per heavy atom. The minimum Gasteiger partial charge on any atom is -0.179 e. The summed E-state index contributed by atoms with van der Waals surface area (Å²) in [4.78, 5) is 0. The van der Waals surface area contributed by atoms with Crippen LogP contribution >= 0.6 is 12.6 Å². The van der Waals surface area contributed by atoms with Gasteiger partial charge in [0.15, 0.2) is 0 Å². The summed E-state index contributed by atoms with van der Waals surface area (Å²) in [6.45, 7) is 2.50. The van der Waals surface area contributed by atoms with Crippen molar-refractivity contribution in [3.05, 3.63) is 0 Å². The largest absolute Gasteiger partial charge is 0.179 e. The molecule has 24 heavy (non-hydrogen) atoms. The maximum absolute atomic E-state index is 5.03. The van der Waals surface area contributed by atoms with Gasteiger partial charge in [0, 0.05) is 0 Å². The highest BCUT2D eigenvalue weighted by atomic mass is 32.1. The number of thiol groups is 1. The molecule has 8 unspecified atom stereocenters. The zero-order valence-corrected chi connectivity index (χ0v) is 16.7. The van der Waals surface area contributed by atoms with Crippen LogP contribution in [0.2, 0.25) is 0 Å². The van der Waals surface area contributed by atoms with E-state index in [9.17, 15) is 0 Å². The summed E-state index contributed by atoms with van der Waals surface area (Å²) in [5.74, 6) is 9.76. The highest BCUT2D eigenvalue weighted by Crippen LogP contribution is 2.76. The molecule has 0 bridgehead atoms. The first-order valence-corrected chi connectivity index (χ1v) is 12.1. The number of fused-ring (bicyclic) bond motifs is 7. The van der Waals surface area contributed by atoms with E-state index in [1.54, 1.807) is 44.9 Å². The second kappa shape index (κ2) is 6.21. The molecule has 0 aromatic heterocycles. The molecule has 8 atom stereocenters. The number of hydrogen-bond donors (Lipinski definition) is 1. The van der Waals surface area contributed by atoms with E-state index in [4.69, 9.17) is 12.6 Å². The summed E-state index contributed by atoms with van der Waals surface area (Å²) < 4.78 is 0. The molecule has 5 aliphatic rings. The highest BCUT2D eigenvalue weighted by molar-refractivity contribution is 7.80. The van der Waals surface area contributed by atoms with Gasteiger partial charge in [0.25, 0.3) is 0 Å². The quantitative estimate of drug-likeness (QED) is 0.535. The van der Waals surface area contributed by atoms with Crippen LogP contribution in [-0.2, 0) is 0 Å². The van der Waals surface area contributed by atoms with Crippen molar-refractivity contribution in [1.82, 2.24) is 0 Å². The van der Waals surface area contributed by atoms with Crippen LogP contribution in [0.1, 0.15) is 84.0 Å². The molecule has 1 heteroatoms. The maximum Gasteiger partial charge on any atom is -0.00611 e. The molecule has 0 amide bonds. The van der Waals surface area contributed by atoms with Crippen LogP contribution in [0, 0.1) is 52.8 Å². The van der Waals surface area contributed by atoms with Crippen LogP contribution in [0.15, 0.2) is 0 Å². The van der Waals surface area contributed by atoms with E-state index in [1.165, 1.54) is 37.9 Å². The van der Waals surface area contributed by atoms with Gasteiger partial charge >= 0.3 is 0 Å². The van der Waals surface area contributed by atoms with E-state index in [-0.39, 0.29) is 0 Å². The van der Waals surface area contributed by atoms with Crippen molar-refractivity contribution < 1.29 is 0 Å². The van der Waals surface area contributed by atoms with Crippen molar-refractivity contribution in [1.29, 1.82) is 0 Å². The van der Waals surface area contributed by atoms with Crippen molar-refractivity contribution in [2.45, 2.75) is 84.0 Å². The SMILES string of the molecule is CCC1C2CCCC2C2(C1CS)C1CCCCC1C1CCCCC12. The highest BCUT2D eigenvalue weighted by Gasteiger charge is 2.71. The Morgan fingerprint density at radius 1 is 0.708 bits per heavy atom. The van der Waals surface area contributed by atoms with Crippen molar-refractivity contribution >= 4 is 12.6 Å². The van der Waals surface area contributed by atoms with Gasteiger partial charge in [-0.2, -0.15) is 12.6 Å². The first kappa shape index (κ1) is 16.5. The standard InChI is InChI=1S/C23H38S/c1-2-15-16-10-7-13-21(16)23(22(15)14-24)19-11-5-3-8-17(19)18-9-4-6-12-20(18)23/h15-22,24H,2-14H2,1H3. The van der Waals surface area contributed by atoms with Crippen molar-refractivity contribution in [3.8, 4) is 0 Å². The summed E-state index contributed by atoms with van der Waals surface area (Å²) >= 11 is 5.03. The molecule has 5 rings (SSSR count). The summed E-state index contributed by atoms with van der Waals surface area (Å²) in [6.07, 6.45) is 18.6. The summed E-state index contributed by atoms with van der Waals surface area (Å²) in [6, 6.07) is 0. The minimum absolute atomic E-state index is 0.736. The Balaban J connectivity index is 1.64. The van der Waals surface area contributed by atoms with Gasteiger partial charge in [-0.15, -0.1) is 0 Å². The van der Waals surface area contributed by atoms with E-state index >= 15 is 0 Å². The Labute approximate surface area is 155 Å². The van der Waals surface area contributed by atoms with Gasteiger partial charge < -0.3 is 0 Å². The lowest BCUT2D eigenvalue weighted by molar-refractivity contribution is -0.00913. The molecular weight excluding hydrogens is 308 g/mol. The fraction of sp³-hybridized carbons (Fsp3) is 1.00. The monoisotopic (exact) mass is 346 g/mol. The molecule has 0 saturated heterocycles. The topological polar surface area (TPSA) is 0 Å². The molecule has 0 aromatic carbocycles. The van der Waals surface area contributed by atoms with Crippen molar-refractivity contribution in [2.75, 3.05) is 5.75 Å². The summed E-state index contributed by atoms with van der Waals surface area (Å²) in [5.41, 5.74) is 0.736. The summed E-state index contributed by atoms with van der Waals surface area (Å²) in [7, 11) is 0. The van der Waals surface area contributed by atoms with Gasteiger partial charge in [-0.05, 0) is 97.0 Å². The maximum atomic E-state index is 5.03. The van der Waals surface area contributed by atoms with Crippen molar-refractivity contribution in [2.24, 2.45) is 52.8 Å². The average Bonchev–Trinajstić information content (AvgIpc) is 3.28. The fourth-order valence-corrected chi connectivity index (χ4v) is 10.5. The molecule has 0 aromatic rings. The lowest BCUT2D eigenvalue weighted by Gasteiger charge is -2.49. The fourth-order valence-electron chi connectivity index (χ4n) is 9.91. The third-order valence-electron chi connectivity index (χ3n) is 10.1. The predicted molar refractivity (Wildman–Crippen MR) is 105 cm³/mol. The van der Waals surface area contributed by atoms with Crippen LogP contribution in [0.25, 0.3) is 0 Å². The first-order valence-electron chi connectivity index (χ1n) is 11.4. The molecule has 5 fully saturated rings. The minimum atomic E-state index is 0.736. The van der Waals surface area contributed by atoms with Gasteiger partial charge in [-0.25, -0.2) is 0 Å². The van der Waals surface area contributed by atoms with Crippen LogP contribution in [0.4, 0.5) is 0 Å². The predicted octanol–water partition coefficient (Wildman–Crippen LogP) is 6.60. The Kier molecular flexibility index (Phi) is 4.27. The van der Waals surface area contributed by atoms with Gasteiger partial charge in [0.2, 0.25) is 0 Å². The normalized spacial score (nSPS) is 56.2. The Morgan fingerprint density at radius 3 is 1.79 bits per heavy atom. The van der Waals surface area contributed by atoms with E-state index in [2.05, 4.69) is 6.92 Å². The third kappa shape index (κ3) is 1.95. The lowest BCUT2D eigenvalue weighted by atomic mass is 9.55.